The van der Waals surface area contributed by atoms with Crippen LogP contribution in [0.3, 0.4) is 0 Å². The molecule has 0 saturated carbocycles. The van der Waals surface area contributed by atoms with Gasteiger partial charge >= 0.3 is 0 Å². The number of nitrogens with one attached hydrogen (secondary N) is 2. The van der Waals surface area contributed by atoms with E-state index in [4.69, 9.17) is 4.74 Å². The van der Waals surface area contributed by atoms with E-state index in [1.54, 1.807) is 6.20 Å². The molecule has 3 rings (SSSR count). The average molecular weight is 244 g/mol. The molecule has 1 aliphatic rings. The second kappa shape index (κ2) is 4.46. The topological polar surface area (TPSA) is 54.1 Å². The van der Waals surface area contributed by atoms with Gasteiger partial charge in [-0.1, -0.05) is 0 Å². The molecular weight excluding hydrogens is 228 g/mol. The van der Waals surface area contributed by atoms with Gasteiger partial charge in [0.2, 0.25) is 0 Å². The van der Waals surface area contributed by atoms with Gasteiger partial charge in [-0.05, 0) is 49.0 Å². The second-order valence-electron chi connectivity index (χ2n) is 4.74. The van der Waals surface area contributed by atoms with Crippen molar-refractivity contribution in [3.63, 3.8) is 0 Å². The van der Waals surface area contributed by atoms with Crippen LogP contribution in [-0.4, -0.2) is 24.2 Å². The molecule has 2 heterocycles. The monoisotopic (exact) mass is 244 g/mol. The Hall–Kier alpha value is -1.81. The number of aromatic amines is 1. The third kappa shape index (κ3) is 1.99. The van der Waals surface area contributed by atoms with Crippen molar-refractivity contribution in [3.8, 4) is 5.75 Å². The van der Waals surface area contributed by atoms with Crippen LogP contribution in [0.15, 0.2) is 29.2 Å². The van der Waals surface area contributed by atoms with E-state index in [0.29, 0.717) is 5.39 Å². The number of hydrogen-bond acceptors (Lipinski definition) is 3. The maximum Gasteiger partial charge on any atom is 0.255 e. The Bertz CT molecular complexity index is 627. The van der Waals surface area contributed by atoms with Gasteiger partial charge in [0.25, 0.3) is 5.56 Å². The SMILES string of the molecule is Cc1cc2c(=O)[nH]ccc2cc1O[C@@H]1CCNC1. The second-order valence-corrected chi connectivity index (χ2v) is 4.74. The van der Waals surface area contributed by atoms with Crippen LogP contribution in [0.1, 0.15) is 12.0 Å². The van der Waals surface area contributed by atoms with E-state index >= 15 is 0 Å². The van der Waals surface area contributed by atoms with Crippen molar-refractivity contribution in [2.45, 2.75) is 19.4 Å². The first-order valence-corrected chi connectivity index (χ1v) is 6.23. The minimum atomic E-state index is -0.0512. The number of aromatic nitrogens is 1. The van der Waals surface area contributed by atoms with Crippen LogP contribution in [0.2, 0.25) is 0 Å². The number of aryl methyl sites for hydroxylation is 1. The molecule has 1 saturated heterocycles. The number of rotatable bonds is 2. The van der Waals surface area contributed by atoms with Crippen LogP contribution in [0.25, 0.3) is 10.8 Å². The number of fused-ring (bicyclic) bond motifs is 1. The first-order valence-electron chi connectivity index (χ1n) is 6.23. The first-order chi connectivity index (χ1) is 8.74. The van der Waals surface area contributed by atoms with Crippen molar-refractivity contribution in [2.75, 3.05) is 13.1 Å². The molecule has 1 fully saturated rings. The molecule has 0 spiro atoms. The van der Waals surface area contributed by atoms with Crippen LogP contribution in [0, 0.1) is 6.92 Å². The highest BCUT2D eigenvalue weighted by atomic mass is 16.5. The summed E-state index contributed by atoms with van der Waals surface area (Å²) in [5, 5.41) is 4.91. The highest BCUT2D eigenvalue weighted by molar-refractivity contribution is 5.83. The summed E-state index contributed by atoms with van der Waals surface area (Å²) in [4.78, 5) is 14.4. The minimum Gasteiger partial charge on any atom is -0.489 e. The van der Waals surface area contributed by atoms with Gasteiger partial charge in [-0.25, -0.2) is 0 Å². The van der Waals surface area contributed by atoms with Gasteiger partial charge in [0.1, 0.15) is 11.9 Å². The molecule has 1 aliphatic heterocycles. The lowest BCUT2D eigenvalue weighted by atomic mass is 10.1. The summed E-state index contributed by atoms with van der Waals surface area (Å²) < 4.78 is 5.98. The van der Waals surface area contributed by atoms with Crippen LogP contribution in [0.4, 0.5) is 0 Å². The number of hydrogen-bond donors (Lipinski definition) is 2. The molecule has 4 nitrogen and oxygen atoms in total. The summed E-state index contributed by atoms with van der Waals surface area (Å²) in [5.41, 5.74) is 0.954. The van der Waals surface area contributed by atoms with Gasteiger partial charge in [-0.2, -0.15) is 0 Å². The van der Waals surface area contributed by atoms with Gasteiger partial charge < -0.3 is 15.0 Å². The molecule has 94 valence electrons. The third-order valence-electron chi connectivity index (χ3n) is 3.38. The molecule has 0 radical (unpaired) electrons. The van der Waals surface area contributed by atoms with Gasteiger partial charge in [0.15, 0.2) is 0 Å². The van der Waals surface area contributed by atoms with E-state index < -0.39 is 0 Å². The summed E-state index contributed by atoms with van der Waals surface area (Å²) >= 11 is 0. The van der Waals surface area contributed by atoms with Crippen LogP contribution in [0.5, 0.6) is 5.75 Å². The molecule has 2 N–H and O–H groups in total. The molecule has 0 unspecified atom stereocenters. The molecule has 4 heteroatoms. The maximum atomic E-state index is 11.7. The van der Waals surface area contributed by atoms with Crippen molar-refractivity contribution in [2.24, 2.45) is 0 Å². The maximum absolute atomic E-state index is 11.7. The van der Waals surface area contributed by atoms with E-state index in [9.17, 15) is 4.79 Å². The fourth-order valence-corrected chi connectivity index (χ4v) is 2.36. The molecule has 2 aromatic rings. The molecule has 1 aromatic carbocycles. The Morgan fingerprint density at radius 3 is 3.06 bits per heavy atom. The Balaban J connectivity index is 2.02. The van der Waals surface area contributed by atoms with Crippen molar-refractivity contribution < 1.29 is 4.74 Å². The van der Waals surface area contributed by atoms with Crippen LogP contribution in [-0.2, 0) is 0 Å². The number of ether oxygens (including phenoxy) is 1. The fourth-order valence-electron chi connectivity index (χ4n) is 2.36. The molecule has 0 aliphatic carbocycles. The van der Waals surface area contributed by atoms with E-state index in [-0.39, 0.29) is 11.7 Å². The first kappa shape index (κ1) is 11.3. The quantitative estimate of drug-likeness (QED) is 0.843. The number of pyridine rings is 1. The largest absolute Gasteiger partial charge is 0.489 e. The van der Waals surface area contributed by atoms with Crippen molar-refractivity contribution >= 4 is 10.8 Å². The Labute approximate surface area is 105 Å². The molecule has 1 aromatic heterocycles. The lowest BCUT2D eigenvalue weighted by molar-refractivity contribution is 0.222. The zero-order valence-electron chi connectivity index (χ0n) is 10.3. The minimum absolute atomic E-state index is 0.0512. The molecule has 0 bridgehead atoms. The summed E-state index contributed by atoms with van der Waals surface area (Å²) in [7, 11) is 0. The summed E-state index contributed by atoms with van der Waals surface area (Å²) in [6.07, 6.45) is 2.94. The molecule has 1 atom stereocenters. The zero-order valence-corrected chi connectivity index (χ0v) is 10.3. The Kier molecular flexibility index (Phi) is 2.80. The lowest BCUT2D eigenvalue weighted by Crippen LogP contribution is -2.20. The van der Waals surface area contributed by atoms with Gasteiger partial charge in [-0.15, -0.1) is 0 Å². The van der Waals surface area contributed by atoms with Crippen molar-refractivity contribution in [1.29, 1.82) is 0 Å². The van der Waals surface area contributed by atoms with Gasteiger partial charge in [-0.3, -0.25) is 4.79 Å². The van der Waals surface area contributed by atoms with Crippen LogP contribution >= 0.6 is 0 Å². The highest BCUT2D eigenvalue weighted by Gasteiger charge is 2.17. The van der Waals surface area contributed by atoms with E-state index in [2.05, 4.69) is 10.3 Å². The van der Waals surface area contributed by atoms with E-state index in [0.717, 1.165) is 36.2 Å². The Morgan fingerprint density at radius 1 is 1.39 bits per heavy atom. The molecule has 18 heavy (non-hydrogen) atoms. The predicted octanol–water partition coefficient (Wildman–Crippen LogP) is 1.58. The number of H-pyrrole nitrogens is 1. The standard InChI is InChI=1S/C14H16N2O2/c1-9-6-12-10(2-5-16-14(12)17)7-13(9)18-11-3-4-15-8-11/h2,5-7,11,15H,3-4,8H2,1H3,(H,16,17)/t11-/m1/s1. The summed E-state index contributed by atoms with van der Waals surface area (Å²) in [6.45, 7) is 3.88. The zero-order chi connectivity index (χ0) is 12.5. The highest BCUT2D eigenvalue weighted by Crippen LogP contribution is 2.25. The predicted molar refractivity (Wildman–Crippen MR) is 71.2 cm³/mol. The molecule has 0 amide bonds. The lowest BCUT2D eigenvalue weighted by Gasteiger charge is -2.15. The van der Waals surface area contributed by atoms with E-state index in [1.807, 2.05) is 25.1 Å². The van der Waals surface area contributed by atoms with E-state index in [1.165, 1.54) is 0 Å². The number of benzene rings is 1. The van der Waals surface area contributed by atoms with Crippen molar-refractivity contribution in [3.05, 3.63) is 40.3 Å². The Morgan fingerprint density at radius 2 is 2.28 bits per heavy atom. The van der Waals surface area contributed by atoms with Gasteiger partial charge in [0.05, 0.1) is 0 Å². The van der Waals surface area contributed by atoms with Crippen molar-refractivity contribution in [1.82, 2.24) is 10.3 Å². The van der Waals surface area contributed by atoms with Crippen LogP contribution < -0.4 is 15.6 Å². The molecular formula is C14H16N2O2. The smallest absolute Gasteiger partial charge is 0.255 e. The van der Waals surface area contributed by atoms with Gasteiger partial charge in [0, 0.05) is 18.1 Å². The third-order valence-corrected chi connectivity index (χ3v) is 3.38. The normalized spacial score (nSPS) is 19.3. The average Bonchev–Trinajstić information content (AvgIpc) is 2.84. The summed E-state index contributed by atoms with van der Waals surface area (Å²) in [6, 6.07) is 5.75. The fraction of sp³-hybridized carbons (Fsp3) is 0.357. The summed E-state index contributed by atoms with van der Waals surface area (Å²) in [5.74, 6) is 0.877.